The van der Waals surface area contributed by atoms with Crippen LogP contribution in [-0.2, 0) is 4.79 Å². The molecule has 0 spiro atoms. The van der Waals surface area contributed by atoms with Crippen molar-refractivity contribution in [3.8, 4) is 0 Å². The molecule has 1 fully saturated rings. The van der Waals surface area contributed by atoms with E-state index in [1.54, 1.807) is 0 Å². The van der Waals surface area contributed by atoms with Crippen LogP contribution in [0.15, 0.2) is 24.3 Å². The van der Waals surface area contributed by atoms with Crippen molar-refractivity contribution >= 4 is 17.6 Å². The predicted molar refractivity (Wildman–Crippen MR) is 76.7 cm³/mol. The third-order valence-electron chi connectivity index (χ3n) is 3.80. The standard InChI is InChI=1S/C15H20ClNO2/c1-11(12-4-2-6-14(16)8-12)9-17-7-3-5-13(10-17)15(18)19/h2,4,6,8,11,13H,3,5,7,9-10H2,1H3,(H,18,19). The van der Waals surface area contributed by atoms with Crippen LogP contribution >= 0.6 is 11.6 Å². The van der Waals surface area contributed by atoms with Crippen LogP contribution in [0.25, 0.3) is 0 Å². The molecule has 0 radical (unpaired) electrons. The summed E-state index contributed by atoms with van der Waals surface area (Å²) in [6.45, 7) is 4.72. The van der Waals surface area contributed by atoms with Crippen molar-refractivity contribution in [1.82, 2.24) is 4.90 Å². The van der Waals surface area contributed by atoms with Crippen molar-refractivity contribution in [2.24, 2.45) is 5.92 Å². The van der Waals surface area contributed by atoms with Gasteiger partial charge in [0.15, 0.2) is 0 Å². The zero-order valence-electron chi connectivity index (χ0n) is 11.2. The van der Waals surface area contributed by atoms with Gasteiger partial charge in [-0.25, -0.2) is 0 Å². The zero-order chi connectivity index (χ0) is 13.8. The fourth-order valence-electron chi connectivity index (χ4n) is 2.73. The van der Waals surface area contributed by atoms with Gasteiger partial charge in [0, 0.05) is 18.1 Å². The van der Waals surface area contributed by atoms with Gasteiger partial charge in [0.05, 0.1) is 5.92 Å². The van der Waals surface area contributed by atoms with Gasteiger partial charge >= 0.3 is 5.97 Å². The maximum atomic E-state index is 11.1. The van der Waals surface area contributed by atoms with Gasteiger partial charge < -0.3 is 10.0 Å². The van der Waals surface area contributed by atoms with Crippen LogP contribution in [0.5, 0.6) is 0 Å². The second kappa shape index (κ2) is 6.40. The minimum absolute atomic E-state index is 0.208. The maximum Gasteiger partial charge on any atom is 0.307 e. The lowest BCUT2D eigenvalue weighted by molar-refractivity contribution is -0.143. The molecule has 0 aromatic heterocycles. The van der Waals surface area contributed by atoms with Crippen molar-refractivity contribution in [2.45, 2.75) is 25.7 Å². The molecule has 1 aliphatic heterocycles. The van der Waals surface area contributed by atoms with E-state index < -0.39 is 5.97 Å². The monoisotopic (exact) mass is 281 g/mol. The van der Waals surface area contributed by atoms with E-state index in [4.69, 9.17) is 16.7 Å². The number of nitrogens with zero attached hydrogens (tertiary/aromatic N) is 1. The Morgan fingerprint density at radius 2 is 2.37 bits per heavy atom. The molecule has 0 aliphatic carbocycles. The number of benzene rings is 1. The lowest BCUT2D eigenvalue weighted by atomic mass is 9.95. The van der Waals surface area contributed by atoms with Crippen LogP contribution in [0.4, 0.5) is 0 Å². The summed E-state index contributed by atoms with van der Waals surface area (Å²) in [6.07, 6.45) is 1.77. The van der Waals surface area contributed by atoms with E-state index >= 15 is 0 Å². The van der Waals surface area contributed by atoms with Gasteiger partial charge in [-0.15, -0.1) is 0 Å². The van der Waals surface area contributed by atoms with Crippen LogP contribution in [0.2, 0.25) is 5.02 Å². The average molecular weight is 282 g/mol. The molecule has 2 unspecified atom stereocenters. The molecule has 19 heavy (non-hydrogen) atoms. The molecular formula is C15H20ClNO2. The molecule has 104 valence electrons. The summed E-state index contributed by atoms with van der Waals surface area (Å²) in [6, 6.07) is 7.91. The van der Waals surface area contributed by atoms with E-state index in [9.17, 15) is 4.79 Å². The van der Waals surface area contributed by atoms with Gasteiger partial charge in [0.1, 0.15) is 0 Å². The van der Waals surface area contributed by atoms with E-state index in [0.717, 1.165) is 31.0 Å². The summed E-state index contributed by atoms with van der Waals surface area (Å²) >= 11 is 6.01. The average Bonchev–Trinajstić information content (AvgIpc) is 2.39. The Hall–Kier alpha value is -1.06. The molecule has 1 aromatic rings. The van der Waals surface area contributed by atoms with Gasteiger partial charge in [-0.2, -0.15) is 0 Å². The predicted octanol–water partition coefficient (Wildman–Crippen LogP) is 3.24. The fourth-order valence-corrected chi connectivity index (χ4v) is 2.93. The molecule has 1 aliphatic rings. The number of aliphatic carboxylic acids is 1. The molecule has 0 amide bonds. The maximum absolute atomic E-state index is 11.1. The molecule has 2 atom stereocenters. The molecule has 1 saturated heterocycles. The summed E-state index contributed by atoms with van der Waals surface area (Å²) in [4.78, 5) is 13.3. The third-order valence-corrected chi connectivity index (χ3v) is 4.04. The Morgan fingerprint density at radius 3 is 3.05 bits per heavy atom. The highest BCUT2D eigenvalue weighted by Gasteiger charge is 2.26. The van der Waals surface area contributed by atoms with Crippen molar-refractivity contribution in [1.29, 1.82) is 0 Å². The number of carboxylic acid groups (broad SMARTS) is 1. The lowest BCUT2D eigenvalue weighted by Crippen LogP contribution is -2.40. The van der Waals surface area contributed by atoms with Gasteiger partial charge in [0.2, 0.25) is 0 Å². The lowest BCUT2D eigenvalue weighted by Gasteiger charge is -2.32. The number of likely N-dealkylation sites (tertiary alicyclic amines) is 1. The van der Waals surface area contributed by atoms with Gasteiger partial charge in [-0.1, -0.05) is 30.7 Å². The second-order valence-electron chi connectivity index (χ2n) is 5.39. The van der Waals surface area contributed by atoms with Crippen LogP contribution in [0.1, 0.15) is 31.2 Å². The second-order valence-corrected chi connectivity index (χ2v) is 5.83. The Morgan fingerprint density at radius 1 is 1.58 bits per heavy atom. The highest BCUT2D eigenvalue weighted by molar-refractivity contribution is 6.30. The van der Waals surface area contributed by atoms with E-state index in [1.165, 1.54) is 5.56 Å². The largest absolute Gasteiger partial charge is 0.481 e. The molecular weight excluding hydrogens is 262 g/mol. The molecule has 1 N–H and O–H groups in total. The smallest absolute Gasteiger partial charge is 0.307 e. The van der Waals surface area contributed by atoms with Gasteiger partial charge in [-0.05, 0) is 43.0 Å². The first kappa shape index (κ1) is 14.4. The summed E-state index contributed by atoms with van der Waals surface area (Å²) < 4.78 is 0. The summed E-state index contributed by atoms with van der Waals surface area (Å²) in [7, 11) is 0. The Labute approximate surface area is 119 Å². The molecule has 1 heterocycles. The van der Waals surface area contributed by atoms with Gasteiger partial charge in [0.25, 0.3) is 0 Å². The molecule has 0 saturated carbocycles. The Kier molecular flexibility index (Phi) is 4.83. The number of piperidine rings is 1. The molecule has 0 bridgehead atoms. The van der Waals surface area contributed by atoms with Crippen molar-refractivity contribution in [2.75, 3.05) is 19.6 Å². The number of hydrogen-bond donors (Lipinski definition) is 1. The highest BCUT2D eigenvalue weighted by Crippen LogP contribution is 2.23. The highest BCUT2D eigenvalue weighted by atomic mass is 35.5. The number of hydrogen-bond acceptors (Lipinski definition) is 2. The van der Waals surface area contributed by atoms with Gasteiger partial charge in [-0.3, -0.25) is 4.79 Å². The normalized spacial score (nSPS) is 22.1. The number of carboxylic acids is 1. The van der Waals surface area contributed by atoms with Crippen molar-refractivity contribution < 1.29 is 9.90 Å². The first-order valence-corrected chi connectivity index (χ1v) is 7.14. The van der Waals surface area contributed by atoms with Crippen LogP contribution in [0.3, 0.4) is 0 Å². The minimum atomic E-state index is -0.667. The van der Waals surface area contributed by atoms with E-state index in [-0.39, 0.29) is 5.92 Å². The summed E-state index contributed by atoms with van der Waals surface area (Å²) in [5.74, 6) is -0.508. The number of carbonyl (C=O) groups is 1. The Bertz CT molecular complexity index is 450. The van der Waals surface area contributed by atoms with Crippen molar-refractivity contribution in [3.63, 3.8) is 0 Å². The van der Waals surface area contributed by atoms with Crippen LogP contribution in [0, 0.1) is 5.92 Å². The minimum Gasteiger partial charge on any atom is -0.481 e. The zero-order valence-corrected chi connectivity index (χ0v) is 11.9. The molecule has 4 heteroatoms. The van der Waals surface area contributed by atoms with Crippen LogP contribution < -0.4 is 0 Å². The Balaban J connectivity index is 1.95. The molecule has 1 aromatic carbocycles. The molecule has 3 nitrogen and oxygen atoms in total. The number of rotatable bonds is 4. The van der Waals surface area contributed by atoms with E-state index in [0.29, 0.717) is 12.5 Å². The summed E-state index contributed by atoms with van der Waals surface area (Å²) in [5.41, 5.74) is 1.21. The SMILES string of the molecule is CC(CN1CCCC(C(=O)O)C1)c1cccc(Cl)c1. The first-order valence-electron chi connectivity index (χ1n) is 6.77. The first-order chi connectivity index (χ1) is 9.06. The van der Waals surface area contributed by atoms with E-state index in [2.05, 4.69) is 17.9 Å². The number of halogens is 1. The van der Waals surface area contributed by atoms with Crippen LogP contribution in [-0.4, -0.2) is 35.6 Å². The van der Waals surface area contributed by atoms with E-state index in [1.807, 2.05) is 18.2 Å². The fraction of sp³-hybridized carbons (Fsp3) is 0.533. The topological polar surface area (TPSA) is 40.5 Å². The third kappa shape index (κ3) is 3.95. The summed E-state index contributed by atoms with van der Waals surface area (Å²) in [5, 5.41) is 9.86. The molecule has 2 rings (SSSR count). The van der Waals surface area contributed by atoms with Crippen molar-refractivity contribution in [3.05, 3.63) is 34.9 Å². The quantitative estimate of drug-likeness (QED) is 0.921.